The Morgan fingerprint density at radius 2 is 2.04 bits per heavy atom. The van der Waals surface area contributed by atoms with Crippen molar-refractivity contribution in [1.29, 1.82) is 0 Å². The van der Waals surface area contributed by atoms with Crippen LogP contribution in [0.5, 0.6) is 0 Å². The first-order valence-electron chi connectivity index (χ1n) is 8.73. The van der Waals surface area contributed by atoms with Crippen LogP contribution >= 0.6 is 24.0 Å². The van der Waals surface area contributed by atoms with Crippen molar-refractivity contribution in [3.8, 4) is 0 Å². The van der Waals surface area contributed by atoms with Gasteiger partial charge in [0.1, 0.15) is 5.82 Å². The van der Waals surface area contributed by atoms with Crippen LogP contribution in [-0.4, -0.2) is 41.1 Å². The van der Waals surface area contributed by atoms with Crippen molar-refractivity contribution in [1.82, 2.24) is 19.8 Å². The molecule has 0 aliphatic heterocycles. The van der Waals surface area contributed by atoms with E-state index < -0.39 is 0 Å². The van der Waals surface area contributed by atoms with Crippen LogP contribution in [-0.2, 0) is 13.1 Å². The standard InChI is InChI=1S/C20H24FN5.HI/c1-22-20(25(2)14-16-7-5-8-17(21)13-16)23-11-6-12-26-15-24-18-9-3-4-10-19(18)26;/h3-5,7-10,13,15H,6,11-12,14H2,1-2H3,(H,22,23);1H. The molecule has 1 N–H and O–H groups in total. The van der Waals surface area contributed by atoms with Gasteiger partial charge in [0, 0.05) is 33.7 Å². The molecule has 0 fully saturated rings. The summed E-state index contributed by atoms with van der Waals surface area (Å²) >= 11 is 0. The van der Waals surface area contributed by atoms with E-state index in [1.165, 1.54) is 6.07 Å². The molecule has 0 bridgehead atoms. The van der Waals surface area contributed by atoms with Gasteiger partial charge in [0.05, 0.1) is 17.4 Å². The van der Waals surface area contributed by atoms with Gasteiger partial charge < -0.3 is 14.8 Å². The van der Waals surface area contributed by atoms with Crippen molar-refractivity contribution in [2.45, 2.75) is 19.5 Å². The number of benzene rings is 2. The Hall–Kier alpha value is -2.16. The van der Waals surface area contributed by atoms with Crippen molar-refractivity contribution < 1.29 is 4.39 Å². The fourth-order valence-electron chi connectivity index (χ4n) is 3.01. The largest absolute Gasteiger partial charge is 0.356 e. The van der Waals surface area contributed by atoms with Crippen molar-refractivity contribution in [3.63, 3.8) is 0 Å². The molecule has 0 unspecified atom stereocenters. The highest BCUT2D eigenvalue weighted by atomic mass is 127. The molecule has 0 saturated heterocycles. The monoisotopic (exact) mass is 481 g/mol. The SMILES string of the molecule is CN=C(NCCCn1cnc2ccccc21)N(C)Cc1cccc(F)c1.I. The molecule has 3 rings (SSSR count). The summed E-state index contributed by atoms with van der Waals surface area (Å²) in [4.78, 5) is 10.7. The minimum absolute atomic E-state index is 0. The number of hydrogen-bond acceptors (Lipinski definition) is 2. The maximum Gasteiger partial charge on any atom is 0.193 e. The third kappa shape index (κ3) is 5.66. The molecule has 2 aromatic carbocycles. The normalized spacial score (nSPS) is 11.3. The van der Waals surface area contributed by atoms with Crippen LogP contribution in [0.1, 0.15) is 12.0 Å². The Labute approximate surface area is 176 Å². The highest BCUT2D eigenvalue weighted by Crippen LogP contribution is 2.12. The van der Waals surface area contributed by atoms with Crippen LogP contribution in [0.25, 0.3) is 11.0 Å². The Morgan fingerprint density at radius 3 is 2.81 bits per heavy atom. The van der Waals surface area contributed by atoms with E-state index in [2.05, 4.69) is 25.9 Å². The number of aryl methyl sites for hydroxylation is 1. The van der Waals surface area contributed by atoms with Gasteiger partial charge in [0.2, 0.25) is 0 Å². The van der Waals surface area contributed by atoms with Gasteiger partial charge in [0.15, 0.2) is 5.96 Å². The Bertz CT molecular complexity index is 893. The molecule has 0 atom stereocenters. The van der Waals surface area contributed by atoms with E-state index in [1.807, 2.05) is 42.5 Å². The number of imidazole rings is 1. The second-order valence-electron chi connectivity index (χ2n) is 6.24. The summed E-state index contributed by atoms with van der Waals surface area (Å²) in [6.07, 6.45) is 2.84. The molecule has 0 amide bonds. The zero-order chi connectivity index (χ0) is 18.4. The van der Waals surface area contributed by atoms with Crippen LogP contribution in [0, 0.1) is 5.82 Å². The van der Waals surface area contributed by atoms with E-state index in [9.17, 15) is 4.39 Å². The first-order chi connectivity index (χ1) is 12.7. The first-order valence-corrected chi connectivity index (χ1v) is 8.73. The maximum absolute atomic E-state index is 13.3. The predicted molar refractivity (Wildman–Crippen MR) is 119 cm³/mol. The molecule has 0 aliphatic rings. The number of aromatic nitrogens is 2. The average molecular weight is 481 g/mol. The lowest BCUT2D eigenvalue weighted by atomic mass is 10.2. The summed E-state index contributed by atoms with van der Waals surface area (Å²) in [5.74, 6) is 0.580. The van der Waals surface area contributed by atoms with E-state index >= 15 is 0 Å². The molecule has 0 spiro atoms. The van der Waals surface area contributed by atoms with Crippen molar-refractivity contribution in [2.24, 2.45) is 4.99 Å². The zero-order valence-corrected chi connectivity index (χ0v) is 17.9. The summed E-state index contributed by atoms with van der Waals surface area (Å²) in [6, 6.07) is 14.8. The van der Waals surface area contributed by atoms with Gasteiger partial charge in [-0.1, -0.05) is 24.3 Å². The van der Waals surface area contributed by atoms with Crippen LogP contribution in [0.4, 0.5) is 4.39 Å². The highest BCUT2D eigenvalue weighted by molar-refractivity contribution is 14.0. The van der Waals surface area contributed by atoms with Crippen LogP contribution < -0.4 is 5.32 Å². The molecule has 5 nitrogen and oxygen atoms in total. The van der Waals surface area contributed by atoms with Crippen LogP contribution in [0.15, 0.2) is 59.9 Å². The van der Waals surface area contributed by atoms with Gasteiger partial charge in [-0.25, -0.2) is 9.37 Å². The molecule has 0 aliphatic carbocycles. The minimum atomic E-state index is -0.216. The molecule has 144 valence electrons. The van der Waals surface area contributed by atoms with Crippen LogP contribution in [0.3, 0.4) is 0 Å². The summed E-state index contributed by atoms with van der Waals surface area (Å²) in [6.45, 7) is 2.29. The van der Waals surface area contributed by atoms with E-state index in [0.29, 0.717) is 6.54 Å². The molecule has 0 saturated carbocycles. The van der Waals surface area contributed by atoms with E-state index in [0.717, 1.165) is 42.1 Å². The van der Waals surface area contributed by atoms with Gasteiger partial charge in [0.25, 0.3) is 0 Å². The fourth-order valence-corrected chi connectivity index (χ4v) is 3.01. The van der Waals surface area contributed by atoms with Crippen LogP contribution in [0.2, 0.25) is 0 Å². The molecule has 3 aromatic rings. The van der Waals surface area contributed by atoms with E-state index in [-0.39, 0.29) is 29.8 Å². The number of halogens is 2. The third-order valence-electron chi connectivity index (χ3n) is 4.27. The molecule has 0 radical (unpaired) electrons. The number of fused-ring (bicyclic) bond motifs is 1. The quantitative estimate of drug-likeness (QED) is 0.252. The summed E-state index contributed by atoms with van der Waals surface area (Å²) in [7, 11) is 3.71. The van der Waals surface area contributed by atoms with E-state index in [1.54, 1.807) is 19.2 Å². The Balaban J connectivity index is 0.00000261. The molecule has 1 aromatic heterocycles. The maximum atomic E-state index is 13.3. The molecule has 7 heteroatoms. The summed E-state index contributed by atoms with van der Waals surface area (Å²) < 4.78 is 15.5. The smallest absolute Gasteiger partial charge is 0.193 e. The second-order valence-corrected chi connectivity index (χ2v) is 6.24. The number of nitrogens with one attached hydrogen (secondary N) is 1. The zero-order valence-electron chi connectivity index (χ0n) is 15.6. The van der Waals surface area contributed by atoms with Gasteiger partial charge in [-0.15, -0.1) is 24.0 Å². The lowest BCUT2D eigenvalue weighted by Crippen LogP contribution is -2.39. The fraction of sp³-hybridized carbons (Fsp3) is 0.300. The number of aliphatic imine (C=N–C) groups is 1. The number of hydrogen-bond donors (Lipinski definition) is 1. The Morgan fingerprint density at radius 1 is 1.22 bits per heavy atom. The number of rotatable bonds is 6. The topological polar surface area (TPSA) is 45.5 Å². The van der Waals surface area contributed by atoms with Gasteiger partial charge >= 0.3 is 0 Å². The summed E-state index contributed by atoms with van der Waals surface area (Å²) in [5, 5.41) is 3.36. The minimum Gasteiger partial charge on any atom is -0.356 e. The molecular weight excluding hydrogens is 456 g/mol. The van der Waals surface area contributed by atoms with Crippen molar-refractivity contribution >= 4 is 41.0 Å². The first kappa shape index (κ1) is 21.1. The summed E-state index contributed by atoms with van der Waals surface area (Å²) in [5.41, 5.74) is 3.09. The average Bonchev–Trinajstić information content (AvgIpc) is 3.05. The Kier molecular flexibility index (Phi) is 8.02. The third-order valence-corrected chi connectivity index (χ3v) is 4.27. The number of guanidine groups is 1. The highest BCUT2D eigenvalue weighted by Gasteiger charge is 2.07. The molecule has 27 heavy (non-hydrogen) atoms. The lowest BCUT2D eigenvalue weighted by Gasteiger charge is -2.22. The molecule has 1 heterocycles. The van der Waals surface area contributed by atoms with Gasteiger partial charge in [-0.2, -0.15) is 0 Å². The second kappa shape index (κ2) is 10.2. The predicted octanol–water partition coefficient (Wildman–Crippen LogP) is 3.89. The number of para-hydroxylation sites is 2. The van der Waals surface area contributed by atoms with E-state index in [4.69, 9.17) is 0 Å². The van der Waals surface area contributed by atoms with Gasteiger partial charge in [-0.3, -0.25) is 4.99 Å². The van der Waals surface area contributed by atoms with Crippen molar-refractivity contribution in [3.05, 3.63) is 66.2 Å². The lowest BCUT2D eigenvalue weighted by molar-refractivity contribution is 0.471. The molecular formula is C20H25FIN5. The number of nitrogens with zero attached hydrogens (tertiary/aromatic N) is 4. The van der Waals surface area contributed by atoms with Crippen molar-refractivity contribution in [2.75, 3.05) is 20.6 Å². The van der Waals surface area contributed by atoms with Gasteiger partial charge in [-0.05, 0) is 36.2 Å².